The molecule has 0 fully saturated rings. The molecule has 1 aliphatic carbocycles. The van der Waals surface area contributed by atoms with E-state index in [0.29, 0.717) is 0 Å². The molecule has 0 atom stereocenters. The Kier molecular flexibility index (Phi) is 0.789. The van der Waals surface area contributed by atoms with Crippen molar-refractivity contribution in [1.82, 2.24) is 0 Å². The van der Waals surface area contributed by atoms with E-state index in [9.17, 15) is 0 Å². The molecule has 6 heavy (non-hydrogen) atoms. The van der Waals surface area contributed by atoms with Crippen molar-refractivity contribution in [3.05, 3.63) is 30.7 Å². The summed E-state index contributed by atoms with van der Waals surface area (Å²) < 4.78 is 0. The molecule has 0 aliphatic heterocycles. The molecule has 1 rings (SSSR count). The average Bonchev–Trinajstić information content (AvgIpc) is 1.86. The third kappa shape index (κ3) is 0.510. The van der Waals surface area contributed by atoms with Crippen molar-refractivity contribution in [1.29, 1.82) is 0 Å². The van der Waals surface area contributed by atoms with Crippen LogP contribution < -0.4 is 0 Å². The van der Waals surface area contributed by atoms with Crippen LogP contribution in [-0.4, -0.2) is 0 Å². The molecular formula is C6H7. The third-order valence-electron chi connectivity index (χ3n) is 0.848. The lowest BCUT2D eigenvalue weighted by molar-refractivity contribution is 1.34. The Labute approximate surface area is 38.2 Å². The monoisotopic (exact) mass is 79.1 g/mol. The normalized spacial score (nSPS) is 18.5. The van der Waals surface area contributed by atoms with Gasteiger partial charge in [0.15, 0.2) is 0 Å². The number of hydrogen-bond donors (Lipinski definition) is 0. The van der Waals surface area contributed by atoms with E-state index in [1.807, 2.05) is 12.2 Å². The lowest BCUT2D eigenvalue weighted by Gasteiger charge is -1.78. The lowest BCUT2D eigenvalue weighted by Crippen LogP contribution is -1.59. The van der Waals surface area contributed by atoms with E-state index in [1.165, 1.54) is 5.57 Å². The molecule has 31 valence electrons. The number of rotatable bonds is 0. The fourth-order valence-corrected chi connectivity index (χ4v) is 0.492. The van der Waals surface area contributed by atoms with Crippen molar-refractivity contribution in [2.24, 2.45) is 0 Å². The quantitative estimate of drug-likeness (QED) is 0.414. The van der Waals surface area contributed by atoms with Gasteiger partial charge >= 0.3 is 0 Å². The zero-order valence-corrected chi connectivity index (χ0v) is 3.65. The average molecular weight is 79.1 g/mol. The third-order valence-corrected chi connectivity index (χ3v) is 0.848. The highest BCUT2D eigenvalue weighted by Crippen LogP contribution is 2.06. The maximum Gasteiger partial charge on any atom is -0.0132 e. The van der Waals surface area contributed by atoms with Gasteiger partial charge in [-0.15, -0.1) is 0 Å². The van der Waals surface area contributed by atoms with Crippen molar-refractivity contribution < 1.29 is 0 Å². The van der Waals surface area contributed by atoms with Gasteiger partial charge < -0.3 is 0 Å². The molecule has 0 aromatic carbocycles. The SMILES string of the molecule is [CH2]C1=CC=CC1. The summed E-state index contributed by atoms with van der Waals surface area (Å²) in [6.45, 7) is 3.74. The van der Waals surface area contributed by atoms with E-state index < -0.39 is 0 Å². The van der Waals surface area contributed by atoms with Crippen molar-refractivity contribution in [3.8, 4) is 0 Å². The van der Waals surface area contributed by atoms with Crippen LogP contribution in [-0.2, 0) is 0 Å². The maximum absolute atomic E-state index is 3.74. The van der Waals surface area contributed by atoms with Gasteiger partial charge in [-0.2, -0.15) is 0 Å². The van der Waals surface area contributed by atoms with Crippen molar-refractivity contribution in [2.75, 3.05) is 0 Å². The van der Waals surface area contributed by atoms with Crippen LogP contribution >= 0.6 is 0 Å². The Bertz CT molecular complexity index is 96.6. The summed E-state index contributed by atoms with van der Waals surface area (Å²) in [6.07, 6.45) is 7.21. The van der Waals surface area contributed by atoms with Crippen molar-refractivity contribution >= 4 is 0 Å². The van der Waals surface area contributed by atoms with Gasteiger partial charge in [-0.05, 0) is 13.3 Å². The second-order valence-corrected chi connectivity index (χ2v) is 1.46. The minimum atomic E-state index is 1.06. The second-order valence-electron chi connectivity index (χ2n) is 1.46. The Balaban J connectivity index is 2.61. The minimum absolute atomic E-state index is 1.06. The van der Waals surface area contributed by atoms with Gasteiger partial charge in [0.2, 0.25) is 0 Å². The van der Waals surface area contributed by atoms with Gasteiger partial charge in [-0.25, -0.2) is 0 Å². The molecule has 0 aromatic heterocycles. The van der Waals surface area contributed by atoms with Crippen LogP contribution in [0.1, 0.15) is 6.42 Å². The first-order valence-electron chi connectivity index (χ1n) is 2.07. The highest BCUT2D eigenvalue weighted by atomic mass is 13.9. The molecule has 0 spiro atoms. The number of hydrogen-bond acceptors (Lipinski definition) is 0. The Morgan fingerprint density at radius 3 is 2.67 bits per heavy atom. The fraction of sp³-hybridized carbons (Fsp3) is 0.167. The van der Waals surface area contributed by atoms with E-state index in [2.05, 4.69) is 13.0 Å². The molecular weight excluding hydrogens is 72.1 g/mol. The lowest BCUT2D eigenvalue weighted by atomic mass is 10.3. The van der Waals surface area contributed by atoms with Crippen LogP contribution in [0.25, 0.3) is 0 Å². The molecule has 0 N–H and O–H groups in total. The Morgan fingerprint density at radius 2 is 2.50 bits per heavy atom. The molecule has 0 heterocycles. The molecule has 0 heteroatoms. The molecule has 0 aromatic rings. The van der Waals surface area contributed by atoms with Crippen LogP contribution in [0, 0.1) is 6.92 Å². The number of allylic oxidation sites excluding steroid dienone is 4. The maximum atomic E-state index is 3.74. The largest absolute Gasteiger partial charge is 0.0805 e. The standard InChI is InChI=1S/C6H7/c1-6-4-2-3-5-6/h2-4H,1,5H2. The highest BCUT2D eigenvalue weighted by Gasteiger charge is 1.86. The van der Waals surface area contributed by atoms with E-state index in [0.717, 1.165) is 6.42 Å². The van der Waals surface area contributed by atoms with E-state index in [1.54, 1.807) is 0 Å². The summed E-state index contributed by atoms with van der Waals surface area (Å²) in [6, 6.07) is 0. The zero-order chi connectivity index (χ0) is 4.41. The molecule has 1 radical (unpaired) electrons. The first kappa shape index (κ1) is 3.66. The first-order chi connectivity index (χ1) is 2.89. The Morgan fingerprint density at radius 1 is 1.67 bits per heavy atom. The molecule has 0 nitrogen and oxygen atoms in total. The van der Waals surface area contributed by atoms with Crippen LogP contribution in [0.2, 0.25) is 0 Å². The molecule has 0 saturated carbocycles. The summed E-state index contributed by atoms with van der Waals surface area (Å²) in [7, 11) is 0. The van der Waals surface area contributed by atoms with E-state index in [4.69, 9.17) is 0 Å². The second kappa shape index (κ2) is 1.29. The predicted octanol–water partition coefficient (Wildman–Crippen LogP) is 1.71. The van der Waals surface area contributed by atoms with Crippen molar-refractivity contribution in [2.45, 2.75) is 6.42 Å². The summed E-state index contributed by atoms with van der Waals surface area (Å²) in [5.74, 6) is 0. The Hall–Kier alpha value is -0.520. The van der Waals surface area contributed by atoms with Crippen LogP contribution in [0.5, 0.6) is 0 Å². The molecule has 0 unspecified atom stereocenters. The van der Waals surface area contributed by atoms with Gasteiger partial charge in [-0.1, -0.05) is 23.8 Å². The van der Waals surface area contributed by atoms with E-state index in [-0.39, 0.29) is 0 Å². The summed E-state index contributed by atoms with van der Waals surface area (Å²) in [5, 5.41) is 0. The van der Waals surface area contributed by atoms with Crippen LogP contribution in [0.15, 0.2) is 23.8 Å². The molecule has 0 saturated heterocycles. The van der Waals surface area contributed by atoms with Crippen molar-refractivity contribution in [3.63, 3.8) is 0 Å². The summed E-state index contributed by atoms with van der Waals surface area (Å²) in [5.41, 5.74) is 1.22. The van der Waals surface area contributed by atoms with Gasteiger partial charge in [0.05, 0.1) is 0 Å². The highest BCUT2D eigenvalue weighted by molar-refractivity contribution is 5.24. The molecule has 0 bridgehead atoms. The van der Waals surface area contributed by atoms with Crippen LogP contribution in [0.3, 0.4) is 0 Å². The molecule has 0 amide bonds. The predicted molar refractivity (Wildman–Crippen MR) is 27.2 cm³/mol. The van der Waals surface area contributed by atoms with Gasteiger partial charge in [0.1, 0.15) is 0 Å². The minimum Gasteiger partial charge on any atom is -0.0805 e. The topological polar surface area (TPSA) is 0 Å². The van der Waals surface area contributed by atoms with E-state index >= 15 is 0 Å². The summed E-state index contributed by atoms with van der Waals surface area (Å²) >= 11 is 0. The molecule has 1 aliphatic rings. The van der Waals surface area contributed by atoms with Crippen LogP contribution in [0.4, 0.5) is 0 Å². The van der Waals surface area contributed by atoms with Gasteiger partial charge in [0, 0.05) is 0 Å². The first-order valence-corrected chi connectivity index (χ1v) is 2.07. The van der Waals surface area contributed by atoms with Gasteiger partial charge in [0.25, 0.3) is 0 Å². The smallest absolute Gasteiger partial charge is 0.0132 e. The van der Waals surface area contributed by atoms with Gasteiger partial charge in [-0.3, -0.25) is 0 Å². The fourth-order valence-electron chi connectivity index (χ4n) is 0.492. The summed E-state index contributed by atoms with van der Waals surface area (Å²) in [4.78, 5) is 0. The zero-order valence-electron chi connectivity index (χ0n) is 3.65.